The second-order valence-corrected chi connectivity index (χ2v) is 9.14. The highest BCUT2D eigenvalue weighted by Crippen LogP contribution is 2.21. The lowest BCUT2D eigenvalue weighted by atomic mass is 9.97. The van der Waals surface area contributed by atoms with E-state index in [1.807, 2.05) is 42.5 Å². The number of tetrazole rings is 1. The molecule has 0 unspecified atom stereocenters. The normalized spacial score (nSPS) is 11.6. The van der Waals surface area contributed by atoms with E-state index in [4.69, 9.17) is 11.6 Å². The van der Waals surface area contributed by atoms with E-state index in [9.17, 15) is 14.4 Å². The van der Waals surface area contributed by atoms with Gasteiger partial charge in [-0.05, 0) is 78.1 Å². The van der Waals surface area contributed by atoms with Crippen molar-refractivity contribution in [2.45, 2.75) is 38.6 Å². The summed E-state index contributed by atoms with van der Waals surface area (Å²) in [7, 11) is 0. The van der Waals surface area contributed by atoms with Crippen molar-refractivity contribution in [3.8, 4) is 5.69 Å². The maximum absolute atomic E-state index is 13.3. The minimum Gasteiger partial charge on any atom is -0.342 e. The summed E-state index contributed by atoms with van der Waals surface area (Å²) in [5.74, 6) is -0.604. The number of aromatic nitrogens is 4. The van der Waals surface area contributed by atoms with Gasteiger partial charge in [-0.1, -0.05) is 54.1 Å². The van der Waals surface area contributed by atoms with Crippen LogP contribution in [0.4, 0.5) is 0 Å². The number of hydrogen-bond acceptors (Lipinski definition) is 6. The summed E-state index contributed by atoms with van der Waals surface area (Å²) >= 11 is 6.21. The Labute approximate surface area is 219 Å². The highest BCUT2D eigenvalue weighted by atomic mass is 35.5. The van der Waals surface area contributed by atoms with E-state index in [-0.39, 0.29) is 18.0 Å². The molecular formula is C28H26ClN5O3. The van der Waals surface area contributed by atoms with Gasteiger partial charge in [-0.2, -0.15) is 0 Å². The second kappa shape index (κ2) is 12.2. The first kappa shape index (κ1) is 25.9. The lowest BCUT2D eigenvalue weighted by molar-refractivity contribution is -0.121. The maximum Gasteiger partial charge on any atom is 0.251 e. The Balaban J connectivity index is 1.47. The molecule has 0 aliphatic rings. The van der Waals surface area contributed by atoms with Gasteiger partial charge in [-0.25, -0.2) is 4.68 Å². The lowest BCUT2D eigenvalue weighted by Crippen LogP contribution is -2.42. The Hall–Kier alpha value is -4.17. The quantitative estimate of drug-likeness (QED) is 0.296. The zero-order valence-corrected chi connectivity index (χ0v) is 21.1. The van der Waals surface area contributed by atoms with Crippen molar-refractivity contribution in [2.75, 3.05) is 0 Å². The standard InChI is InChI=1S/C28H26ClN5O3/c1-19(35)21-9-5-11-23(16-21)28(37)31-25(15-20-7-3-2-4-8-20)27(36)12-6-10-22-17-24(29)13-14-26(22)34-18-30-32-33-34/h2-5,7-9,11,13-14,16-18,25H,6,10,12,15H2,1H3,(H,31,37)/t25-/m0/s1. The van der Waals surface area contributed by atoms with E-state index >= 15 is 0 Å². The van der Waals surface area contributed by atoms with Gasteiger partial charge in [-0.15, -0.1) is 5.10 Å². The number of carbonyl (C=O) groups excluding carboxylic acids is 3. The molecule has 0 bridgehead atoms. The van der Waals surface area contributed by atoms with E-state index in [0.717, 1.165) is 16.8 Å². The second-order valence-electron chi connectivity index (χ2n) is 8.70. The van der Waals surface area contributed by atoms with Crippen molar-refractivity contribution in [1.82, 2.24) is 25.5 Å². The highest BCUT2D eigenvalue weighted by Gasteiger charge is 2.22. The summed E-state index contributed by atoms with van der Waals surface area (Å²) in [4.78, 5) is 38.1. The molecule has 0 fully saturated rings. The number of nitrogens with one attached hydrogen (secondary N) is 1. The van der Waals surface area contributed by atoms with E-state index in [1.54, 1.807) is 35.0 Å². The zero-order chi connectivity index (χ0) is 26.2. The average molecular weight is 516 g/mol. The van der Waals surface area contributed by atoms with Gasteiger partial charge >= 0.3 is 0 Å². The van der Waals surface area contributed by atoms with Gasteiger partial charge in [0.25, 0.3) is 5.91 Å². The molecule has 1 heterocycles. The molecule has 0 spiro atoms. The van der Waals surface area contributed by atoms with Crippen LogP contribution in [0.2, 0.25) is 5.02 Å². The van der Waals surface area contributed by atoms with Gasteiger partial charge in [0, 0.05) is 22.6 Å². The number of rotatable bonds is 11. The molecule has 1 N–H and O–H groups in total. The van der Waals surface area contributed by atoms with Crippen molar-refractivity contribution in [3.05, 3.63) is 106 Å². The third-order valence-electron chi connectivity index (χ3n) is 6.01. The molecule has 0 saturated carbocycles. The minimum absolute atomic E-state index is 0.0778. The van der Waals surface area contributed by atoms with E-state index in [0.29, 0.717) is 35.4 Å². The number of halogens is 1. The SMILES string of the molecule is CC(=O)c1cccc(C(=O)N[C@@H](Cc2ccccc2)C(=O)CCCc2cc(Cl)ccc2-n2cnnn2)c1. The van der Waals surface area contributed by atoms with E-state index < -0.39 is 11.9 Å². The summed E-state index contributed by atoms with van der Waals surface area (Å²) in [6.07, 6.45) is 3.26. The third-order valence-corrected chi connectivity index (χ3v) is 6.25. The van der Waals surface area contributed by atoms with Crippen molar-refractivity contribution in [2.24, 2.45) is 0 Å². The highest BCUT2D eigenvalue weighted by molar-refractivity contribution is 6.30. The van der Waals surface area contributed by atoms with E-state index in [2.05, 4.69) is 20.8 Å². The van der Waals surface area contributed by atoms with Crippen LogP contribution in [0, 0.1) is 0 Å². The number of carbonyl (C=O) groups is 3. The minimum atomic E-state index is -0.714. The molecule has 0 saturated heterocycles. The molecule has 4 aromatic rings. The Morgan fingerprint density at radius 2 is 1.76 bits per heavy atom. The Bertz CT molecular complexity index is 1390. The third kappa shape index (κ3) is 6.95. The summed E-state index contributed by atoms with van der Waals surface area (Å²) in [5.41, 5.74) is 3.43. The van der Waals surface area contributed by atoms with Crippen LogP contribution in [-0.2, 0) is 17.6 Å². The van der Waals surface area contributed by atoms with Gasteiger partial charge in [0.05, 0.1) is 11.7 Å². The Kier molecular flexibility index (Phi) is 8.53. The van der Waals surface area contributed by atoms with Gasteiger partial charge in [-0.3, -0.25) is 14.4 Å². The number of amides is 1. The molecule has 1 atom stereocenters. The maximum atomic E-state index is 13.3. The summed E-state index contributed by atoms with van der Waals surface area (Å²) in [6.45, 7) is 1.45. The summed E-state index contributed by atoms with van der Waals surface area (Å²) in [6, 6.07) is 20.8. The monoisotopic (exact) mass is 515 g/mol. The molecule has 188 valence electrons. The molecule has 4 rings (SSSR count). The largest absolute Gasteiger partial charge is 0.342 e. The number of benzene rings is 3. The molecular weight excluding hydrogens is 490 g/mol. The number of Topliss-reactive ketones (excluding diaryl/α,β-unsaturated/α-hetero) is 2. The first-order valence-electron chi connectivity index (χ1n) is 11.9. The molecule has 0 radical (unpaired) electrons. The van der Waals surface area contributed by atoms with Crippen LogP contribution in [0.15, 0.2) is 79.1 Å². The Morgan fingerprint density at radius 3 is 2.49 bits per heavy atom. The summed E-state index contributed by atoms with van der Waals surface area (Å²) < 4.78 is 1.56. The van der Waals surface area contributed by atoms with Gasteiger partial charge in [0.2, 0.25) is 0 Å². The Morgan fingerprint density at radius 1 is 0.973 bits per heavy atom. The first-order valence-corrected chi connectivity index (χ1v) is 12.3. The van der Waals surface area contributed by atoms with Crippen LogP contribution in [0.25, 0.3) is 5.69 Å². The predicted octanol–water partition coefficient (Wildman–Crippen LogP) is 4.45. The van der Waals surface area contributed by atoms with Gasteiger partial charge < -0.3 is 5.32 Å². The van der Waals surface area contributed by atoms with Gasteiger partial charge in [0.1, 0.15) is 6.33 Å². The predicted molar refractivity (Wildman–Crippen MR) is 140 cm³/mol. The summed E-state index contributed by atoms with van der Waals surface area (Å²) in [5, 5.41) is 14.8. The number of hydrogen-bond donors (Lipinski definition) is 1. The molecule has 37 heavy (non-hydrogen) atoms. The molecule has 0 aliphatic heterocycles. The van der Waals surface area contributed by atoms with Crippen LogP contribution in [0.1, 0.15) is 51.6 Å². The fourth-order valence-corrected chi connectivity index (χ4v) is 4.29. The lowest BCUT2D eigenvalue weighted by Gasteiger charge is -2.18. The van der Waals surface area contributed by atoms with Crippen LogP contribution >= 0.6 is 11.6 Å². The topological polar surface area (TPSA) is 107 Å². The molecule has 1 amide bonds. The molecule has 3 aromatic carbocycles. The van der Waals surface area contributed by atoms with Crippen molar-refractivity contribution in [3.63, 3.8) is 0 Å². The molecule has 1 aromatic heterocycles. The van der Waals surface area contributed by atoms with Gasteiger partial charge in [0.15, 0.2) is 11.6 Å². The van der Waals surface area contributed by atoms with Crippen molar-refractivity contribution >= 4 is 29.1 Å². The van der Waals surface area contributed by atoms with Crippen molar-refractivity contribution in [1.29, 1.82) is 0 Å². The molecule has 9 heteroatoms. The fourth-order valence-electron chi connectivity index (χ4n) is 4.09. The molecule has 0 aliphatic carbocycles. The van der Waals surface area contributed by atoms with Crippen LogP contribution in [-0.4, -0.2) is 43.7 Å². The van der Waals surface area contributed by atoms with Crippen molar-refractivity contribution < 1.29 is 14.4 Å². The van der Waals surface area contributed by atoms with Crippen LogP contribution in [0.3, 0.4) is 0 Å². The molecule has 8 nitrogen and oxygen atoms in total. The zero-order valence-electron chi connectivity index (χ0n) is 20.3. The number of nitrogens with zero attached hydrogens (tertiary/aromatic N) is 4. The first-order chi connectivity index (χ1) is 17.9. The number of aryl methyl sites for hydroxylation is 1. The average Bonchev–Trinajstić information content (AvgIpc) is 3.44. The van der Waals surface area contributed by atoms with Crippen LogP contribution < -0.4 is 5.32 Å². The number of ketones is 2. The van der Waals surface area contributed by atoms with E-state index in [1.165, 1.54) is 13.3 Å². The fraction of sp³-hybridized carbons (Fsp3) is 0.214. The smallest absolute Gasteiger partial charge is 0.251 e. The van der Waals surface area contributed by atoms with Crippen LogP contribution in [0.5, 0.6) is 0 Å².